The molecule has 13 heteroatoms. The van der Waals surface area contributed by atoms with Crippen LogP contribution in [-0.2, 0) is 17.8 Å². The van der Waals surface area contributed by atoms with E-state index in [1.807, 2.05) is 0 Å². The SMILES string of the molecule is O=C([O-])c1c(OC2CN(C(=O)Cn3cnnn3)C2)ccc2c1O[B-](O)(O)CC2. The largest absolute Gasteiger partial charge is 0.669 e. The molecule has 148 valence electrons. The van der Waals surface area contributed by atoms with Gasteiger partial charge in [0.25, 0.3) is 0 Å². The van der Waals surface area contributed by atoms with Gasteiger partial charge < -0.3 is 34.2 Å². The number of ether oxygens (including phenoxy) is 1. The van der Waals surface area contributed by atoms with E-state index in [2.05, 4.69) is 15.5 Å². The van der Waals surface area contributed by atoms with Gasteiger partial charge in [0, 0.05) is 0 Å². The molecule has 0 radical (unpaired) electrons. The molecule has 3 heterocycles. The second kappa shape index (κ2) is 6.76. The molecule has 2 aliphatic heterocycles. The van der Waals surface area contributed by atoms with Gasteiger partial charge in [-0.25, -0.2) is 4.68 Å². The molecule has 0 spiro atoms. The van der Waals surface area contributed by atoms with Gasteiger partial charge >= 0.3 is 6.75 Å². The normalized spacial score (nSPS) is 18.0. The number of carbonyl (C=O) groups excluding carboxylic acids is 2. The molecule has 1 fully saturated rings. The van der Waals surface area contributed by atoms with Crippen molar-refractivity contribution in [2.45, 2.75) is 25.4 Å². The zero-order valence-electron chi connectivity index (χ0n) is 14.6. The number of nitrogens with zero attached hydrogens (tertiary/aromatic N) is 5. The van der Waals surface area contributed by atoms with Crippen LogP contribution in [0.15, 0.2) is 18.5 Å². The first-order valence-corrected chi connectivity index (χ1v) is 8.64. The number of hydrogen-bond donors (Lipinski definition) is 2. The predicted octanol–water partition coefficient (Wildman–Crippen LogP) is -2.82. The summed E-state index contributed by atoms with van der Waals surface area (Å²) in [5.41, 5.74) is 0.157. The molecular formula is C15H16BN5O7-2. The van der Waals surface area contributed by atoms with Crippen LogP contribution in [-0.4, -0.2) is 73.0 Å². The minimum Gasteiger partial charge on any atom is -0.669 e. The van der Waals surface area contributed by atoms with Crippen LogP contribution in [0.5, 0.6) is 11.5 Å². The lowest BCUT2D eigenvalue weighted by atomic mass is 9.70. The van der Waals surface area contributed by atoms with Gasteiger partial charge in [0.1, 0.15) is 24.7 Å². The number of carbonyl (C=O) groups is 2. The summed E-state index contributed by atoms with van der Waals surface area (Å²) in [6, 6.07) is 3.09. The van der Waals surface area contributed by atoms with Gasteiger partial charge in [-0.1, -0.05) is 12.4 Å². The van der Waals surface area contributed by atoms with E-state index in [-0.39, 0.29) is 55.3 Å². The van der Waals surface area contributed by atoms with Gasteiger partial charge in [0.15, 0.2) is 0 Å². The molecule has 1 saturated heterocycles. The Hall–Kier alpha value is -3.19. The van der Waals surface area contributed by atoms with E-state index in [1.165, 1.54) is 22.0 Å². The first kappa shape index (κ1) is 18.2. The van der Waals surface area contributed by atoms with Gasteiger partial charge in [-0.3, -0.25) is 4.79 Å². The maximum absolute atomic E-state index is 12.1. The first-order chi connectivity index (χ1) is 13.3. The summed E-state index contributed by atoms with van der Waals surface area (Å²) in [4.78, 5) is 25.3. The Morgan fingerprint density at radius 1 is 1.36 bits per heavy atom. The maximum Gasteiger partial charge on any atom is 0.430 e. The van der Waals surface area contributed by atoms with Gasteiger partial charge in [-0.15, -0.1) is 5.10 Å². The smallest absolute Gasteiger partial charge is 0.430 e. The van der Waals surface area contributed by atoms with Crippen molar-refractivity contribution in [1.29, 1.82) is 0 Å². The van der Waals surface area contributed by atoms with Crippen LogP contribution >= 0.6 is 0 Å². The second-order valence-corrected chi connectivity index (χ2v) is 6.78. The van der Waals surface area contributed by atoms with Crippen LogP contribution in [0.2, 0.25) is 6.32 Å². The minimum absolute atomic E-state index is 0.00608. The number of aromatic nitrogens is 4. The number of hydrogen-bond acceptors (Lipinski definition) is 10. The van der Waals surface area contributed by atoms with Crippen molar-refractivity contribution in [2.75, 3.05) is 13.1 Å². The average Bonchev–Trinajstić information content (AvgIpc) is 3.08. The fourth-order valence-corrected chi connectivity index (χ4v) is 3.21. The zero-order valence-corrected chi connectivity index (χ0v) is 14.6. The molecule has 0 atom stereocenters. The molecule has 0 bridgehead atoms. The zero-order chi connectivity index (χ0) is 19.9. The lowest BCUT2D eigenvalue weighted by Crippen LogP contribution is -2.57. The highest BCUT2D eigenvalue weighted by atomic mass is 16.6. The van der Waals surface area contributed by atoms with Crippen LogP contribution in [0.3, 0.4) is 0 Å². The quantitative estimate of drug-likeness (QED) is 0.510. The van der Waals surface area contributed by atoms with E-state index in [9.17, 15) is 24.7 Å². The molecule has 1 amide bonds. The number of aromatic carboxylic acids is 1. The molecular weight excluding hydrogens is 373 g/mol. The van der Waals surface area contributed by atoms with Gasteiger partial charge in [0.05, 0.1) is 30.4 Å². The van der Waals surface area contributed by atoms with Gasteiger partial charge in [-0.2, -0.15) is 0 Å². The molecule has 0 unspecified atom stereocenters. The Labute approximate surface area is 158 Å². The van der Waals surface area contributed by atoms with Crippen molar-refractivity contribution < 1.29 is 34.1 Å². The topological polar surface area (TPSA) is 163 Å². The summed E-state index contributed by atoms with van der Waals surface area (Å²) < 4.78 is 12.1. The third kappa shape index (κ3) is 3.49. The molecule has 0 saturated carbocycles. The third-order valence-electron chi connectivity index (χ3n) is 4.68. The van der Waals surface area contributed by atoms with E-state index in [0.717, 1.165) is 0 Å². The van der Waals surface area contributed by atoms with Crippen molar-refractivity contribution >= 4 is 18.6 Å². The predicted molar refractivity (Wildman–Crippen MR) is 88.9 cm³/mol. The Balaban J connectivity index is 1.45. The van der Waals surface area contributed by atoms with E-state index in [4.69, 9.17) is 9.39 Å². The Kier molecular flexibility index (Phi) is 4.39. The monoisotopic (exact) mass is 389 g/mol. The third-order valence-corrected chi connectivity index (χ3v) is 4.68. The maximum atomic E-state index is 12.1. The van der Waals surface area contributed by atoms with Crippen molar-refractivity contribution in [3.8, 4) is 11.5 Å². The van der Waals surface area contributed by atoms with Gasteiger partial charge in [-0.05, 0) is 28.5 Å². The van der Waals surface area contributed by atoms with Crippen molar-refractivity contribution in [3.05, 3.63) is 29.6 Å². The number of fused-ring (bicyclic) bond motifs is 1. The van der Waals surface area contributed by atoms with Gasteiger partial charge in [0.2, 0.25) is 5.91 Å². The van der Waals surface area contributed by atoms with E-state index in [0.29, 0.717) is 5.56 Å². The minimum atomic E-state index is -3.13. The summed E-state index contributed by atoms with van der Waals surface area (Å²) in [6.45, 7) is -2.61. The van der Waals surface area contributed by atoms with E-state index >= 15 is 0 Å². The first-order valence-electron chi connectivity index (χ1n) is 8.64. The lowest BCUT2D eigenvalue weighted by Gasteiger charge is -2.41. The number of likely N-dealkylation sites (tertiary alicyclic amines) is 1. The highest BCUT2D eigenvalue weighted by Crippen LogP contribution is 2.38. The number of carboxylic acids is 1. The summed E-state index contributed by atoms with van der Waals surface area (Å²) in [5.74, 6) is -1.91. The molecule has 0 aliphatic carbocycles. The van der Waals surface area contributed by atoms with Crippen LogP contribution in [0.4, 0.5) is 0 Å². The highest BCUT2D eigenvalue weighted by molar-refractivity contribution is 6.59. The molecule has 4 rings (SSSR count). The fourth-order valence-electron chi connectivity index (χ4n) is 3.21. The average molecular weight is 389 g/mol. The molecule has 28 heavy (non-hydrogen) atoms. The lowest BCUT2D eigenvalue weighted by molar-refractivity contribution is -0.255. The molecule has 2 N–H and O–H groups in total. The van der Waals surface area contributed by atoms with Crippen LogP contribution < -0.4 is 14.5 Å². The van der Waals surface area contributed by atoms with E-state index < -0.39 is 18.8 Å². The summed E-state index contributed by atoms with van der Waals surface area (Å²) in [6.07, 6.45) is 1.14. The number of carboxylic acid groups (broad SMARTS) is 1. The number of amides is 1. The molecule has 2 aromatic rings. The second-order valence-electron chi connectivity index (χ2n) is 6.78. The standard InChI is InChI=1S/C15H17BN5O7/c22-12(7-21-8-17-18-19-21)20-5-10(6-20)27-11-2-1-9-3-4-16(25,26)28-14(9)13(11)15(23)24/h1-2,8,10,25-26H,3-7H2,(H,23,24)/q-1/p-1. The summed E-state index contributed by atoms with van der Waals surface area (Å²) >= 11 is 0. The Morgan fingerprint density at radius 2 is 2.14 bits per heavy atom. The number of aryl methyl sites for hydroxylation is 1. The van der Waals surface area contributed by atoms with Crippen LogP contribution in [0.1, 0.15) is 15.9 Å². The van der Waals surface area contributed by atoms with Crippen molar-refractivity contribution in [3.63, 3.8) is 0 Å². The molecule has 12 nitrogen and oxygen atoms in total. The van der Waals surface area contributed by atoms with E-state index in [1.54, 1.807) is 6.07 Å². The van der Waals surface area contributed by atoms with Crippen molar-refractivity contribution in [2.24, 2.45) is 0 Å². The molecule has 1 aromatic heterocycles. The Morgan fingerprint density at radius 3 is 2.82 bits per heavy atom. The Bertz CT molecular complexity index is 914. The molecule has 1 aromatic carbocycles. The summed E-state index contributed by atoms with van der Waals surface area (Å²) in [7, 11) is 0. The van der Waals surface area contributed by atoms with Crippen LogP contribution in [0, 0.1) is 0 Å². The number of tetrazole rings is 1. The number of benzene rings is 1. The molecule has 2 aliphatic rings. The fraction of sp³-hybridized carbons (Fsp3) is 0.400. The number of rotatable bonds is 5. The van der Waals surface area contributed by atoms with Crippen LogP contribution in [0.25, 0.3) is 0 Å². The summed E-state index contributed by atoms with van der Waals surface area (Å²) in [5, 5.41) is 41.6. The van der Waals surface area contributed by atoms with Crippen molar-refractivity contribution in [1.82, 2.24) is 25.1 Å². The highest BCUT2D eigenvalue weighted by Gasteiger charge is 2.35.